The van der Waals surface area contributed by atoms with E-state index in [1.165, 1.54) is 29.5 Å². The van der Waals surface area contributed by atoms with E-state index in [0.29, 0.717) is 13.2 Å². The van der Waals surface area contributed by atoms with Gasteiger partial charge in [-0.25, -0.2) is 0 Å². The standard InChI is InChI=1S/C22H27NO3/c1-16-10-12-19(13-11-16)25-15-14-23-22(24)17(2)26-21-9-5-7-18-6-3-4-8-20(18)21/h5,7,9-13,17H,3-4,6,8,14-15H2,1-2H3,(H,23,24). The molecule has 0 heterocycles. The molecule has 2 aromatic carbocycles. The van der Waals surface area contributed by atoms with Crippen LogP contribution in [-0.4, -0.2) is 25.2 Å². The Balaban J connectivity index is 1.45. The van der Waals surface area contributed by atoms with E-state index in [1.54, 1.807) is 6.92 Å². The maximum absolute atomic E-state index is 12.3. The first-order valence-corrected chi connectivity index (χ1v) is 9.38. The molecule has 1 N–H and O–H groups in total. The van der Waals surface area contributed by atoms with Gasteiger partial charge >= 0.3 is 0 Å². The van der Waals surface area contributed by atoms with E-state index in [4.69, 9.17) is 9.47 Å². The highest BCUT2D eigenvalue weighted by molar-refractivity contribution is 5.80. The number of ether oxygens (including phenoxy) is 2. The molecule has 4 nitrogen and oxygen atoms in total. The summed E-state index contributed by atoms with van der Waals surface area (Å²) in [4.78, 5) is 12.3. The molecule has 0 aromatic heterocycles. The fourth-order valence-corrected chi connectivity index (χ4v) is 3.22. The first-order valence-electron chi connectivity index (χ1n) is 9.38. The van der Waals surface area contributed by atoms with Gasteiger partial charge in [0.05, 0.1) is 6.54 Å². The lowest BCUT2D eigenvalue weighted by Gasteiger charge is -2.22. The fourth-order valence-electron chi connectivity index (χ4n) is 3.22. The Morgan fingerprint density at radius 2 is 1.88 bits per heavy atom. The van der Waals surface area contributed by atoms with Crippen LogP contribution in [0.5, 0.6) is 11.5 Å². The topological polar surface area (TPSA) is 47.6 Å². The molecule has 138 valence electrons. The van der Waals surface area contributed by atoms with E-state index in [-0.39, 0.29) is 5.91 Å². The monoisotopic (exact) mass is 353 g/mol. The Labute approximate surface area is 155 Å². The first-order chi connectivity index (χ1) is 12.6. The van der Waals surface area contributed by atoms with E-state index < -0.39 is 6.10 Å². The summed E-state index contributed by atoms with van der Waals surface area (Å²) >= 11 is 0. The summed E-state index contributed by atoms with van der Waals surface area (Å²) in [6, 6.07) is 14.0. The Morgan fingerprint density at radius 1 is 1.12 bits per heavy atom. The van der Waals surface area contributed by atoms with Gasteiger partial charge < -0.3 is 14.8 Å². The second-order valence-corrected chi connectivity index (χ2v) is 6.81. The van der Waals surface area contributed by atoms with Crippen LogP contribution < -0.4 is 14.8 Å². The van der Waals surface area contributed by atoms with E-state index in [9.17, 15) is 4.79 Å². The van der Waals surface area contributed by atoms with Crippen molar-refractivity contribution in [3.63, 3.8) is 0 Å². The molecule has 2 aromatic rings. The Bertz CT molecular complexity index is 740. The number of aryl methyl sites for hydroxylation is 2. The van der Waals surface area contributed by atoms with Gasteiger partial charge in [0.1, 0.15) is 18.1 Å². The maximum atomic E-state index is 12.3. The SMILES string of the molecule is Cc1ccc(OCCNC(=O)C(C)Oc2cccc3c2CCCC3)cc1. The van der Waals surface area contributed by atoms with Crippen molar-refractivity contribution < 1.29 is 14.3 Å². The lowest BCUT2D eigenvalue weighted by Crippen LogP contribution is -2.38. The summed E-state index contributed by atoms with van der Waals surface area (Å²) < 4.78 is 11.6. The van der Waals surface area contributed by atoms with Gasteiger partial charge in [0.15, 0.2) is 6.10 Å². The highest BCUT2D eigenvalue weighted by Crippen LogP contribution is 2.30. The molecule has 0 bridgehead atoms. The van der Waals surface area contributed by atoms with Crippen LogP contribution in [0.3, 0.4) is 0 Å². The van der Waals surface area contributed by atoms with Gasteiger partial charge in [0.2, 0.25) is 0 Å². The molecule has 0 fully saturated rings. The molecule has 0 saturated heterocycles. The Hall–Kier alpha value is -2.49. The van der Waals surface area contributed by atoms with Crippen molar-refractivity contribution in [1.29, 1.82) is 0 Å². The summed E-state index contributed by atoms with van der Waals surface area (Å²) in [7, 11) is 0. The summed E-state index contributed by atoms with van der Waals surface area (Å²) in [6.45, 7) is 4.71. The van der Waals surface area contributed by atoms with Gasteiger partial charge in [0, 0.05) is 0 Å². The quantitative estimate of drug-likeness (QED) is 0.770. The van der Waals surface area contributed by atoms with Crippen molar-refractivity contribution >= 4 is 5.91 Å². The minimum Gasteiger partial charge on any atom is -0.492 e. The third-order valence-corrected chi connectivity index (χ3v) is 4.72. The van der Waals surface area contributed by atoms with Crippen LogP contribution in [0.1, 0.15) is 36.5 Å². The second kappa shape index (κ2) is 8.75. The number of benzene rings is 2. The number of fused-ring (bicyclic) bond motifs is 1. The summed E-state index contributed by atoms with van der Waals surface area (Å²) in [5.41, 5.74) is 3.81. The predicted molar refractivity (Wildman–Crippen MR) is 103 cm³/mol. The summed E-state index contributed by atoms with van der Waals surface area (Å²) in [5.74, 6) is 1.54. The van der Waals surface area contributed by atoms with Crippen LogP contribution in [0, 0.1) is 6.92 Å². The van der Waals surface area contributed by atoms with Crippen LogP contribution in [0.2, 0.25) is 0 Å². The van der Waals surface area contributed by atoms with Crippen molar-refractivity contribution in [3.8, 4) is 11.5 Å². The molecule has 4 heteroatoms. The Morgan fingerprint density at radius 3 is 2.69 bits per heavy atom. The summed E-state index contributed by atoms with van der Waals surface area (Å²) in [5, 5.41) is 2.88. The second-order valence-electron chi connectivity index (χ2n) is 6.81. The largest absolute Gasteiger partial charge is 0.492 e. The molecule has 1 atom stereocenters. The molecule has 0 aliphatic heterocycles. The van der Waals surface area contributed by atoms with Crippen LogP contribution in [-0.2, 0) is 17.6 Å². The van der Waals surface area contributed by atoms with Crippen LogP contribution >= 0.6 is 0 Å². The minimum atomic E-state index is -0.525. The van der Waals surface area contributed by atoms with Crippen molar-refractivity contribution in [2.24, 2.45) is 0 Å². The van der Waals surface area contributed by atoms with E-state index in [0.717, 1.165) is 24.3 Å². The third-order valence-electron chi connectivity index (χ3n) is 4.72. The zero-order valence-electron chi connectivity index (χ0n) is 15.6. The zero-order chi connectivity index (χ0) is 18.4. The van der Waals surface area contributed by atoms with Crippen molar-refractivity contribution in [2.75, 3.05) is 13.2 Å². The Kier molecular flexibility index (Phi) is 6.16. The molecule has 1 aliphatic rings. The molecule has 3 rings (SSSR count). The molecular formula is C22H27NO3. The number of hydrogen-bond donors (Lipinski definition) is 1. The number of amides is 1. The molecule has 1 aliphatic carbocycles. The average Bonchev–Trinajstić information content (AvgIpc) is 2.66. The molecule has 0 radical (unpaired) electrons. The average molecular weight is 353 g/mol. The van der Waals surface area contributed by atoms with Gasteiger partial charge in [-0.1, -0.05) is 29.8 Å². The van der Waals surface area contributed by atoms with Crippen molar-refractivity contribution in [2.45, 2.75) is 45.6 Å². The highest BCUT2D eigenvalue weighted by atomic mass is 16.5. The molecule has 0 spiro atoms. The number of hydrogen-bond acceptors (Lipinski definition) is 3. The summed E-state index contributed by atoms with van der Waals surface area (Å²) in [6.07, 6.45) is 4.02. The lowest BCUT2D eigenvalue weighted by atomic mass is 9.91. The third kappa shape index (κ3) is 4.78. The fraction of sp³-hybridized carbons (Fsp3) is 0.409. The van der Waals surface area contributed by atoms with Crippen LogP contribution in [0.4, 0.5) is 0 Å². The first kappa shape index (κ1) is 18.3. The normalized spacial score (nSPS) is 14.2. The molecule has 26 heavy (non-hydrogen) atoms. The maximum Gasteiger partial charge on any atom is 0.260 e. The zero-order valence-corrected chi connectivity index (χ0v) is 15.6. The van der Waals surface area contributed by atoms with Crippen LogP contribution in [0.15, 0.2) is 42.5 Å². The molecule has 0 saturated carbocycles. The smallest absolute Gasteiger partial charge is 0.260 e. The number of carbonyl (C=O) groups excluding carboxylic acids is 1. The van der Waals surface area contributed by atoms with Gasteiger partial charge in [0.25, 0.3) is 5.91 Å². The van der Waals surface area contributed by atoms with Crippen LogP contribution in [0.25, 0.3) is 0 Å². The van der Waals surface area contributed by atoms with Gasteiger partial charge in [-0.05, 0) is 68.9 Å². The predicted octanol–water partition coefficient (Wildman–Crippen LogP) is 3.84. The van der Waals surface area contributed by atoms with E-state index in [2.05, 4.69) is 11.4 Å². The van der Waals surface area contributed by atoms with E-state index >= 15 is 0 Å². The van der Waals surface area contributed by atoms with E-state index in [1.807, 2.05) is 43.3 Å². The number of rotatable bonds is 7. The van der Waals surface area contributed by atoms with Crippen molar-refractivity contribution in [1.82, 2.24) is 5.32 Å². The molecular weight excluding hydrogens is 326 g/mol. The highest BCUT2D eigenvalue weighted by Gasteiger charge is 2.19. The number of carbonyl (C=O) groups is 1. The van der Waals surface area contributed by atoms with Crippen molar-refractivity contribution in [3.05, 3.63) is 59.2 Å². The lowest BCUT2D eigenvalue weighted by molar-refractivity contribution is -0.127. The van der Waals surface area contributed by atoms with Gasteiger partial charge in [-0.2, -0.15) is 0 Å². The van der Waals surface area contributed by atoms with Gasteiger partial charge in [-0.3, -0.25) is 4.79 Å². The van der Waals surface area contributed by atoms with Gasteiger partial charge in [-0.15, -0.1) is 0 Å². The number of nitrogens with one attached hydrogen (secondary N) is 1. The molecule has 1 amide bonds. The minimum absolute atomic E-state index is 0.120. The molecule has 1 unspecified atom stereocenters.